The summed E-state index contributed by atoms with van der Waals surface area (Å²) >= 11 is 5.99. The first-order valence-electron chi connectivity index (χ1n) is 6.51. The van der Waals surface area contributed by atoms with E-state index in [4.69, 9.17) is 22.1 Å². The van der Waals surface area contributed by atoms with Crippen LogP contribution in [0.1, 0.15) is 26.3 Å². The lowest BCUT2D eigenvalue weighted by molar-refractivity contribution is 0.0950. The first-order valence-corrected chi connectivity index (χ1v) is 6.89. The van der Waals surface area contributed by atoms with Crippen LogP contribution in [0.15, 0.2) is 42.5 Å². The third kappa shape index (κ3) is 3.77. The van der Waals surface area contributed by atoms with E-state index in [9.17, 15) is 9.59 Å². The number of halogens is 1. The van der Waals surface area contributed by atoms with Crippen LogP contribution in [0, 0.1) is 0 Å². The molecular formula is C16H15ClN2O3. The molecular weight excluding hydrogens is 304 g/mol. The van der Waals surface area contributed by atoms with Gasteiger partial charge in [0, 0.05) is 17.7 Å². The number of hydrogen-bond acceptors (Lipinski definition) is 3. The van der Waals surface area contributed by atoms with Crippen LogP contribution in [0.4, 0.5) is 0 Å². The van der Waals surface area contributed by atoms with Gasteiger partial charge in [-0.25, -0.2) is 0 Å². The molecule has 6 heteroatoms. The van der Waals surface area contributed by atoms with Crippen LogP contribution < -0.4 is 15.8 Å². The molecule has 5 nitrogen and oxygen atoms in total. The zero-order valence-corrected chi connectivity index (χ0v) is 12.7. The van der Waals surface area contributed by atoms with Crippen LogP contribution in [0.2, 0.25) is 5.02 Å². The highest BCUT2D eigenvalue weighted by Gasteiger charge is 2.09. The molecule has 3 N–H and O–H groups in total. The van der Waals surface area contributed by atoms with Crippen molar-refractivity contribution in [2.24, 2.45) is 5.73 Å². The molecule has 0 unspecified atom stereocenters. The number of carbonyl (C=O) groups is 2. The molecule has 0 heterocycles. The summed E-state index contributed by atoms with van der Waals surface area (Å²) < 4.78 is 5.04. The standard InChI is InChI=1S/C16H15ClN2O3/c1-22-14-6-5-12(8-13(14)17)16(21)19-9-10-3-2-4-11(7-10)15(18)20/h2-8H,9H2,1H3,(H2,18,20)(H,19,21). The number of nitrogens with one attached hydrogen (secondary N) is 1. The van der Waals surface area contributed by atoms with Gasteiger partial charge in [0.25, 0.3) is 5.91 Å². The van der Waals surface area contributed by atoms with Gasteiger partial charge in [-0.3, -0.25) is 9.59 Å². The summed E-state index contributed by atoms with van der Waals surface area (Å²) in [5, 5.41) is 3.12. The SMILES string of the molecule is COc1ccc(C(=O)NCc2cccc(C(N)=O)c2)cc1Cl. The van der Waals surface area contributed by atoms with E-state index < -0.39 is 5.91 Å². The van der Waals surface area contributed by atoms with Crippen LogP contribution in [0.25, 0.3) is 0 Å². The Labute approximate surface area is 133 Å². The number of primary amides is 1. The highest BCUT2D eigenvalue weighted by molar-refractivity contribution is 6.32. The molecule has 0 bridgehead atoms. The minimum atomic E-state index is -0.505. The summed E-state index contributed by atoms with van der Waals surface area (Å²) in [6.45, 7) is 0.281. The second-order valence-electron chi connectivity index (χ2n) is 4.60. The molecule has 0 radical (unpaired) electrons. The Morgan fingerprint density at radius 3 is 2.59 bits per heavy atom. The van der Waals surface area contributed by atoms with Crippen LogP contribution in [0.5, 0.6) is 5.75 Å². The topological polar surface area (TPSA) is 81.4 Å². The maximum Gasteiger partial charge on any atom is 0.251 e. The van der Waals surface area contributed by atoms with Gasteiger partial charge in [-0.05, 0) is 35.9 Å². The van der Waals surface area contributed by atoms with Gasteiger partial charge in [0.2, 0.25) is 5.91 Å². The molecule has 114 valence electrons. The minimum absolute atomic E-state index is 0.269. The molecule has 0 atom stereocenters. The number of amides is 2. The normalized spacial score (nSPS) is 10.1. The van der Waals surface area contributed by atoms with Gasteiger partial charge in [0.05, 0.1) is 12.1 Å². The fourth-order valence-corrected chi connectivity index (χ4v) is 2.18. The number of nitrogens with two attached hydrogens (primary N) is 1. The van der Waals surface area contributed by atoms with Crippen molar-refractivity contribution in [1.82, 2.24) is 5.32 Å². The van der Waals surface area contributed by atoms with Gasteiger partial charge >= 0.3 is 0 Å². The molecule has 0 saturated carbocycles. The highest BCUT2D eigenvalue weighted by atomic mass is 35.5. The molecule has 2 aromatic rings. The third-order valence-corrected chi connectivity index (χ3v) is 3.37. The highest BCUT2D eigenvalue weighted by Crippen LogP contribution is 2.24. The van der Waals surface area contributed by atoms with E-state index in [0.29, 0.717) is 21.9 Å². The van der Waals surface area contributed by atoms with E-state index in [1.54, 1.807) is 36.4 Å². The molecule has 0 aliphatic rings. The number of carbonyl (C=O) groups excluding carboxylic acids is 2. The molecule has 0 aromatic heterocycles. The molecule has 0 fully saturated rings. The molecule has 2 amide bonds. The Morgan fingerprint density at radius 1 is 1.18 bits per heavy atom. The lowest BCUT2D eigenvalue weighted by Gasteiger charge is -2.08. The molecule has 0 spiro atoms. The van der Waals surface area contributed by atoms with E-state index in [1.807, 2.05) is 0 Å². The van der Waals surface area contributed by atoms with Crippen molar-refractivity contribution in [3.05, 3.63) is 64.2 Å². The van der Waals surface area contributed by atoms with Crippen molar-refractivity contribution in [2.45, 2.75) is 6.54 Å². The van der Waals surface area contributed by atoms with Gasteiger partial charge < -0.3 is 15.8 Å². The Kier molecular flexibility index (Phi) is 5.01. The number of rotatable bonds is 5. The molecule has 22 heavy (non-hydrogen) atoms. The second kappa shape index (κ2) is 6.95. The lowest BCUT2D eigenvalue weighted by atomic mass is 10.1. The van der Waals surface area contributed by atoms with Crippen molar-refractivity contribution >= 4 is 23.4 Å². The predicted molar refractivity (Wildman–Crippen MR) is 84.1 cm³/mol. The average molecular weight is 319 g/mol. The van der Waals surface area contributed by atoms with E-state index in [1.165, 1.54) is 13.2 Å². The summed E-state index contributed by atoms with van der Waals surface area (Å²) in [6, 6.07) is 11.6. The number of methoxy groups -OCH3 is 1. The van der Waals surface area contributed by atoms with Crippen molar-refractivity contribution in [1.29, 1.82) is 0 Å². The average Bonchev–Trinajstić information content (AvgIpc) is 2.52. The quantitative estimate of drug-likeness (QED) is 0.888. The number of hydrogen-bond donors (Lipinski definition) is 2. The van der Waals surface area contributed by atoms with E-state index in [0.717, 1.165) is 5.56 Å². The van der Waals surface area contributed by atoms with Crippen molar-refractivity contribution in [3.8, 4) is 5.75 Å². The number of benzene rings is 2. The molecule has 2 aromatic carbocycles. The number of ether oxygens (including phenoxy) is 1. The summed E-state index contributed by atoms with van der Waals surface area (Å²) in [6.07, 6.45) is 0. The van der Waals surface area contributed by atoms with E-state index in [-0.39, 0.29) is 12.5 Å². The predicted octanol–water partition coefficient (Wildman–Crippen LogP) is 2.38. The van der Waals surface area contributed by atoms with Crippen LogP contribution >= 0.6 is 11.6 Å². The van der Waals surface area contributed by atoms with Gasteiger partial charge in [-0.1, -0.05) is 23.7 Å². The van der Waals surface area contributed by atoms with Gasteiger partial charge in [0.1, 0.15) is 5.75 Å². The Bertz CT molecular complexity index is 716. The Hall–Kier alpha value is -2.53. The largest absolute Gasteiger partial charge is 0.495 e. The molecule has 0 aliphatic carbocycles. The maximum atomic E-state index is 12.1. The fraction of sp³-hybridized carbons (Fsp3) is 0.125. The maximum absolute atomic E-state index is 12.1. The zero-order chi connectivity index (χ0) is 16.1. The van der Waals surface area contributed by atoms with Crippen LogP contribution in [-0.2, 0) is 6.54 Å². The zero-order valence-electron chi connectivity index (χ0n) is 11.9. The van der Waals surface area contributed by atoms with Crippen LogP contribution in [-0.4, -0.2) is 18.9 Å². The first-order chi connectivity index (χ1) is 10.5. The molecule has 2 rings (SSSR count). The Morgan fingerprint density at radius 2 is 1.95 bits per heavy atom. The van der Waals surface area contributed by atoms with E-state index in [2.05, 4.69) is 5.32 Å². The van der Waals surface area contributed by atoms with Gasteiger partial charge in [-0.2, -0.15) is 0 Å². The minimum Gasteiger partial charge on any atom is -0.495 e. The van der Waals surface area contributed by atoms with Crippen LogP contribution in [0.3, 0.4) is 0 Å². The third-order valence-electron chi connectivity index (χ3n) is 3.08. The fourth-order valence-electron chi connectivity index (χ4n) is 1.93. The Balaban J connectivity index is 2.05. The van der Waals surface area contributed by atoms with Gasteiger partial charge in [0.15, 0.2) is 0 Å². The van der Waals surface area contributed by atoms with E-state index >= 15 is 0 Å². The van der Waals surface area contributed by atoms with Crippen molar-refractivity contribution in [2.75, 3.05) is 7.11 Å². The summed E-state index contributed by atoms with van der Waals surface area (Å²) in [7, 11) is 1.51. The van der Waals surface area contributed by atoms with Gasteiger partial charge in [-0.15, -0.1) is 0 Å². The lowest BCUT2D eigenvalue weighted by Crippen LogP contribution is -2.23. The monoisotopic (exact) mass is 318 g/mol. The summed E-state index contributed by atoms with van der Waals surface area (Å²) in [5.41, 5.74) is 6.83. The molecule has 0 saturated heterocycles. The smallest absolute Gasteiger partial charge is 0.251 e. The summed E-state index contributed by atoms with van der Waals surface area (Å²) in [4.78, 5) is 23.2. The molecule has 0 aliphatic heterocycles. The summed E-state index contributed by atoms with van der Waals surface area (Å²) in [5.74, 6) is -0.267. The second-order valence-corrected chi connectivity index (χ2v) is 5.00. The van der Waals surface area contributed by atoms with Crippen molar-refractivity contribution < 1.29 is 14.3 Å². The van der Waals surface area contributed by atoms with Crippen molar-refractivity contribution in [3.63, 3.8) is 0 Å². The first kappa shape index (κ1) is 15.9.